The van der Waals surface area contributed by atoms with E-state index >= 15 is 0 Å². The average Bonchev–Trinajstić information content (AvgIpc) is 2.97. The Hall–Kier alpha value is -2.42. The summed E-state index contributed by atoms with van der Waals surface area (Å²) in [7, 11) is 0. The summed E-state index contributed by atoms with van der Waals surface area (Å²) < 4.78 is 38.1. The highest BCUT2D eigenvalue weighted by Crippen LogP contribution is 2.21. The number of carbonyl (C=O) groups is 1. The molecule has 0 aliphatic carbocycles. The third-order valence-corrected chi connectivity index (χ3v) is 3.67. The molecule has 0 unspecified atom stereocenters. The fraction of sp³-hybridized carbons (Fsp3) is 0.214. The number of nitro benzene ring substituents is 1. The van der Waals surface area contributed by atoms with E-state index in [0.717, 1.165) is 24.3 Å². The summed E-state index contributed by atoms with van der Waals surface area (Å²) in [4.78, 5) is 22.9. The maximum absolute atomic E-state index is 12.7. The van der Waals surface area contributed by atoms with Crippen LogP contribution in [0.4, 0.5) is 18.9 Å². The molecule has 0 radical (unpaired) electrons. The Kier molecular flexibility index (Phi) is 4.99. The second-order valence-corrected chi connectivity index (χ2v) is 5.49. The van der Waals surface area contributed by atoms with Gasteiger partial charge in [0.15, 0.2) is 0 Å². The van der Waals surface area contributed by atoms with Crippen LogP contribution in [0.5, 0.6) is 0 Å². The number of alkyl halides is 3. The molecular weight excluding hydrogens is 333 g/mol. The molecule has 0 saturated carbocycles. The van der Waals surface area contributed by atoms with Crippen LogP contribution in [0.3, 0.4) is 0 Å². The van der Waals surface area contributed by atoms with E-state index in [9.17, 15) is 28.1 Å². The Labute approximate surface area is 133 Å². The van der Waals surface area contributed by atoms with Crippen molar-refractivity contribution in [3.63, 3.8) is 0 Å². The predicted molar refractivity (Wildman–Crippen MR) is 78.2 cm³/mol. The minimum atomic E-state index is -4.54. The van der Waals surface area contributed by atoms with Crippen molar-refractivity contribution < 1.29 is 22.9 Å². The summed E-state index contributed by atoms with van der Waals surface area (Å²) in [5, 5.41) is 13.9. The summed E-state index contributed by atoms with van der Waals surface area (Å²) in [6.45, 7) is -1.57. The zero-order valence-electron chi connectivity index (χ0n) is 11.6. The molecule has 5 nitrogen and oxygen atoms in total. The van der Waals surface area contributed by atoms with E-state index in [-0.39, 0.29) is 17.8 Å². The number of rotatable bonds is 5. The molecule has 2 aromatic rings. The highest BCUT2D eigenvalue weighted by molar-refractivity contribution is 7.07. The Bertz CT molecular complexity index is 684. The molecule has 23 heavy (non-hydrogen) atoms. The normalized spacial score (nSPS) is 11.3. The molecule has 1 heterocycles. The van der Waals surface area contributed by atoms with Gasteiger partial charge in [-0.2, -0.15) is 24.5 Å². The van der Waals surface area contributed by atoms with Gasteiger partial charge < -0.3 is 4.90 Å². The third kappa shape index (κ3) is 4.78. The lowest BCUT2D eigenvalue weighted by Gasteiger charge is -2.23. The van der Waals surface area contributed by atoms with Gasteiger partial charge in [-0.3, -0.25) is 14.9 Å². The number of amides is 1. The van der Waals surface area contributed by atoms with Gasteiger partial charge in [0.05, 0.1) is 4.92 Å². The van der Waals surface area contributed by atoms with Gasteiger partial charge in [-0.05, 0) is 34.5 Å². The number of halogens is 3. The van der Waals surface area contributed by atoms with Crippen LogP contribution in [-0.4, -0.2) is 28.5 Å². The van der Waals surface area contributed by atoms with Gasteiger partial charge in [0.1, 0.15) is 6.54 Å². The van der Waals surface area contributed by atoms with Gasteiger partial charge in [0.25, 0.3) is 11.6 Å². The van der Waals surface area contributed by atoms with Gasteiger partial charge in [-0.15, -0.1) is 0 Å². The summed E-state index contributed by atoms with van der Waals surface area (Å²) in [5.41, 5.74) is 0.325. The van der Waals surface area contributed by atoms with E-state index in [2.05, 4.69) is 0 Å². The maximum Gasteiger partial charge on any atom is 0.406 e. The summed E-state index contributed by atoms with van der Waals surface area (Å²) >= 11 is 1.32. The van der Waals surface area contributed by atoms with Gasteiger partial charge in [-0.1, -0.05) is 0 Å². The first kappa shape index (κ1) is 16.9. The van der Waals surface area contributed by atoms with E-state index < -0.39 is 23.6 Å². The van der Waals surface area contributed by atoms with E-state index in [1.165, 1.54) is 11.3 Å². The van der Waals surface area contributed by atoms with Crippen LogP contribution in [-0.2, 0) is 6.54 Å². The van der Waals surface area contributed by atoms with Crippen molar-refractivity contribution in [2.24, 2.45) is 0 Å². The number of thiophene rings is 1. The lowest BCUT2D eigenvalue weighted by molar-refractivity contribution is -0.384. The molecule has 1 amide bonds. The third-order valence-electron chi connectivity index (χ3n) is 2.94. The number of carbonyl (C=O) groups excluding carboxylic acids is 1. The molecule has 2 rings (SSSR count). The molecule has 0 saturated heterocycles. The molecule has 122 valence electrons. The zero-order valence-corrected chi connectivity index (χ0v) is 12.4. The van der Waals surface area contributed by atoms with Crippen LogP contribution in [0.1, 0.15) is 15.9 Å². The molecule has 0 bridgehead atoms. The standard InChI is InChI=1S/C14H11F3N2O3S/c15-14(16,17)9-18(7-10-5-6-23-8-10)13(20)11-1-3-12(4-2-11)19(21)22/h1-6,8H,7,9H2. The van der Waals surface area contributed by atoms with E-state index in [1.807, 2.05) is 0 Å². The van der Waals surface area contributed by atoms with Crippen molar-refractivity contribution in [2.45, 2.75) is 12.7 Å². The number of benzene rings is 1. The van der Waals surface area contributed by atoms with Crippen LogP contribution < -0.4 is 0 Å². The van der Waals surface area contributed by atoms with Crippen molar-refractivity contribution in [2.75, 3.05) is 6.54 Å². The molecule has 0 atom stereocenters. The van der Waals surface area contributed by atoms with Crippen LogP contribution in [0.2, 0.25) is 0 Å². The van der Waals surface area contributed by atoms with Crippen LogP contribution in [0, 0.1) is 10.1 Å². The van der Waals surface area contributed by atoms with Crippen LogP contribution >= 0.6 is 11.3 Å². The number of nitrogens with zero attached hydrogens (tertiary/aromatic N) is 2. The number of hydrogen-bond acceptors (Lipinski definition) is 4. The Morgan fingerprint density at radius 1 is 1.22 bits per heavy atom. The largest absolute Gasteiger partial charge is 0.406 e. The smallest absolute Gasteiger partial charge is 0.325 e. The summed E-state index contributed by atoms with van der Waals surface area (Å²) in [6.07, 6.45) is -4.54. The minimum Gasteiger partial charge on any atom is -0.325 e. The van der Waals surface area contributed by atoms with E-state index in [1.54, 1.807) is 16.8 Å². The van der Waals surface area contributed by atoms with Gasteiger partial charge in [0.2, 0.25) is 0 Å². The molecule has 0 spiro atoms. The van der Waals surface area contributed by atoms with Crippen LogP contribution in [0.25, 0.3) is 0 Å². The van der Waals surface area contributed by atoms with Crippen LogP contribution in [0.15, 0.2) is 41.1 Å². The molecule has 0 aliphatic heterocycles. The fourth-order valence-electron chi connectivity index (χ4n) is 1.93. The summed E-state index contributed by atoms with van der Waals surface area (Å²) in [5.74, 6) is -0.830. The second-order valence-electron chi connectivity index (χ2n) is 4.71. The first-order valence-corrected chi connectivity index (χ1v) is 7.32. The number of hydrogen-bond donors (Lipinski definition) is 0. The summed E-state index contributed by atoms with van der Waals surface area (Å²) in [6, 6.07) is 6.11. The van der Waals surface area contributed by atoms with Crippen molar-refractivity contribution in [3.05, 3.63) is 62.3 Å². The van der Waals surface area contributed by atoms with Crippen molar-refractivity contribution in [3.8, 4) is 0 Å². The molecule has 9 heteroatoms. The lowest BCUT2D eigenvalue weighted by Crippen LogP contribution is -2.38. The fourth-order valence-corrected chi connectivity index (χ4v) is 2.59. The Morgan fingerprint density at radius 3 is 2.35 bits per heavy atom. The second kappa shape index (κ2) is 6.78. The molecule has 1 aromatic carbocycles. The molecule has 0 aliphatic rings. The molecule has 0 N–H and O–H groups in total. The lowest BCUT2D eigenvalue weighted by atomic mass is 10.1. The Morgan fingerprint density at radius 2 is 1.87 bits per heavy atom. The quantitative estimate of drug-likeness (QED) is 0.611. The first-order chi connectivity index (χ1) is 10.8. The average molecular weight is 344 g/mol. The number of nitro groups is 1. The minimum absolute atomic E-state index is 0.0323. The first-order valence-electron chi connectivity index (χ1n) is 6.38. The van der Waals surface area contributed by atoms with Gasteiger partial charge >= 0.3 is 6.18 Å². The topological polar surface area (TPSA) is 63.4 Å². The van der Waals surface area contributed by atoms with Crippen molar-refractivity contribution >= 4 is 22.9 Å². The predicted octanol–water partition coefficient (Wildman–Crippen LogP) is 3.86. The zero-order chi connectivity index (χ0) is 17.0. The van der Waals surface area contributed by atoms with Crippen molar-refractivity contribution in [1.29, 1.82) is 0 Å². The van der Waals surface area contributed by atoms with Crippen molar-refractivity contribution in [1.82, 2.24) is 4.90 Å². The Balaban J connectivity index is 2.22. The van der Waals surface area contributed by atoms with E-state index in [0.29, 0.717) is 10.5 Å². The SMILES string of the molecule is O=C(c1ccc([N+](=O)[O-])cc1)N(Cc1ccsc1)CC(F)(F)F. The highest BCUT2D eigenvalue weighted by Gasteiger charge is 2.33. The maximum atomic E-state index is 12.7. The number of non-ortho nitro benzene ring substituents is 1. The molecular formula is C14H11F3N2O3S. The highest BCUT2D eigenvalue weighted by atomic mass is 32.1. The molecule has 1 aromatic heterocycles. The van der Waals surface area contributed by atoms with E-state index in [4.69, 9.17) is 0 Å². The molecule has 0 fully saturated rings. The monoisotopic (exact) mass is 344 g/mol. The van der Waals surface area contributed by atoms with Gasteiger partial charge in [0, 0.05) is 24.2 Å². The van der Waals surface area contributed by atoms with Gasteiger partial charge in [-0.25, -0.2) is 0 Å².